The van der Waals surface area contributed by atoms with Crippen molar-refractivity contribution >= 4 is 27.2 Å². The van der Waals surface area contributed by atoms with Gasteiger partial charge in [-0.1, -0.05) is 6.42 Å². The molecular weight excluding hydrogens is 444 g/mol. The lowest BCUT2D eigenvalue weighted by atomic mass is 9.95. The number of nitrogens with zero attached hydrogens (tertiary/aromatic N) is 4. The Morgan fingerprint density at radius 3 is 2.74 bits per heavy atom. The molecule has 11 heteroatoms. The highest BCUT2D eigenvalue weighted by atomic mass is 32.2. The zero-order valence-corrected chi connectivity index (χ0v) is 18.2. The third-order valence-electron chi connectivity index (χ3n) is 5.33. The lowest BCUT2D eigenvalue weighted by Crippen LogP contribution is -2.33. The Hall–Kier alpha value is -2.50. The van der Waals surface area contributed by atoms with E-state index in [4.69, 9.17) is 5.73 Å². The highest BCUT2D eigenvalue weighted by Crippen LogP contribution is 2.33. The standard InChI is InChI=1S/C20H21F2N5O2S2/c21-15-9-18(31(28,29)11-20-25-12-26-30-20)16(22)7-14(15)10-27-6-2-1-3-17(27)13-4-5-24-19(23)8-13/h4-5,7-9,12,17H,1-3,6,10-11H2,(H2,23,24)/t17-/m1/s1. The molecule has 2 N–H and O–H groups in total. The molecule has 2 aromatic heterocycles. The minimum Gasteiger partial charge on any atom is -0.384 e. The van der Waals surface area contributed by atoms with Crippen LogP contribution in [0.1, 0.15) is 41.4 Å². The summed E-state index contributed by atoms with van der Waals surface area (Å²) in [6.07, 6.45) is 5.68. The van der Waals surface area contributed by atoms with Gasteiger partial charge in [-0.3, -0.25) is 4.90 Å². The summed E-state index contributed by atoms with van der Waals surface area (Å²) in [6.45, 7) is 0.872. The normalized spacial score (nSPS) is 17.7. The summed E-state index contributed by atoms with van der Waals surface area (Å²) in [5.41, 5.74) is 6.90. The van der Waals surface area contributed by atoms with Crippen LogP contribution in [0, 0.1) is 11.6 Å². The monoisotopic (exact) mass is 465 g/mol. The number of nitrogens with two attached hydrogens (primary N) is 1. The molecular formula is C20H21F2N5O2S2. The van der Waals surface area contributed by atoms with Gasteiger partial charge in [-0.15, -0.1) is 0 Å². The molecule has 0 aliphatic carbocycles. The van der Waals surface area contributed by atoms with E-state index in [0.29, 0.717) is 12.4 Å². The Kier molecular flexibility index (Phi) is 6.26. The van der Waals surface area contributed by atoms with Gasteiger partial charge in [0, 0.05) is 24.3 Å². The average molecular weight is 466 g/mol. The third-order valence-corrected chi connectivity index (χ3v) is 7.81. The SMILES string of the molecule is Nc1cc([C@H]2CCCCN2Cc2cc(F)c(S(=O)(=O)Cc3ncns3)cc2F)ccn1. The quantitative estimate of drug-likeness (QED) is 0.594. The van der Waals surface area contributed by atoms with Crippen molar-refractivity contribution in [3.63, 3.8) is 0 Å². The first kappa shape index (κ1) is 21.7. The molecule has 0 unspecified atom stereocenters. The molecule has 7 nitrogen and oxygen atoms in total. The van der Waals surface area contributed by atoms with E-state index < -0.39 is 32.1 Å². The molecule has 1 aliphatic heterocycles. The summed E-state index contributed by atoms with van der Waals surface area (Å²) in [5.74, 6) is -1.84. The Labute approximate surface area is 183 Å². The van der Waals surface area contributed by atoms with Gasteiger partial charge in [0.2, 0.25) is 0 Å². The highest BCUT2D eigenvalue weighted by Gasteiger charge is 2.28. The van der Waals surface area contributed by atoms with Crippen LogP contribution in [0.3, 0.4) is 0 Å². The number of halogens is 2. The molecule has 0 spiro atoms. The van der Waals surface area contributed by atoms with E-state index in [9.17, 15) is 17.2 Å². The van der Waals surface area contributed by atoms with Crippen LogP contribution in [-0.2, 0) is 22.1 Å². The van der Waals surface area contributed by atoms with Crippen LogP contribution in [0.5, 0.6) is 0 Å². The minimum atomic E-state index is -4.09. The molecule has 1 aromatic carbocycles. The van der Waals surface area contributed by atoms with E-state index >= 15 is 0 Å². The lowest BCUT2D eigenvalue weighted by Gasteiger charge is -2.36. The number of hydrogen-bond donors (Lipinski definition) is 1. The summed E-state index contributed by atoms with van der Waals surface area (Å²) >= 11 is 0.904. The highest BCUT2D eigenvalue weighted by molar-refractivity contribution is 7.90. The number of aromatic nitrogens is 3. The fourth-order valence-electron chi connectivity index (χ4n) is 3.88. The van der Waals surface area contributed by atoms with Gasteiger partial charge in [0.25, 0.3) is 0 Å². The van der Waals surface area contributed by atoms with E-state index in [1.807, 2.05) is 6.07 Å². The molecule has 1 aliphatic rings. The lowest BCUT2D eigenvalue weighted by molar-refractivity contribution is 0.138. The van der Waals surface area contributed by atoms with Gasteiger partial charge in [-0.05, 0) is 60.7 Å². The van der Waals surface area contributed by atoms with Gasteiger partial charge in [-0.25, -0.2) is 27.2 Å². The summed E-state index contributed by atoms with van der Waals surface area (Å²) in [6, 6.07) is 5.42. The predicted molar refractivity (Wildman–Crippen MR) is 113 cm³/mol. The van der Waals surface area contributed by atoms with E-state index in [1.165, 1.54) is 6.33 Å². The van der Waals surface area contributed by atoms with Gasteiger partial charge in [0.05, 0.1) is 0 Å². The average Bonchev–Trinajstić information content (AvgIpc) is 3.23. The minimum absolute atomic E-state index is 0.00215. The van der Waals surface area contributed by atoms with E-state index in [0.717, 1.165) is 48.5 Å². The molecule has 1 atom stereocenters. The second-order valence-corrected chi connectivity index (χ2v) is 10.3. The van der Waals surface area contributed by atoms with Crippen LogP contribution in [0.15, 0.2) is 41.7 Å². The van der Waals surface area contributed by atoms with Crippen molar-refractivity contribution in [2.45, 2.75) is 42.5 Å². The van der Waals surface area contributed by atoms with Gasteiger partial charge in [0.15, 0.2) is 9.84 Å². The largest absolute Gasteiger partial charge is 0.384 e. The zero-order valence-electron chi connectivity index (χ0n) is 16.5. The predicted octanol–water partition coefficient (Wildman–Crippen LogP) is 3.49. The first-order valence-electron chi connectivity index (χ1n) is 9.75. The smallest absolute Gasteiger partial charge is 0.187 e. The van der Waals surface area contributed by atoms with Crippen molar-refractivity contribution in [3.8, 4) is 0 Å². The van der Waals surface area contributed by atoms with Crippen molar-refractivity contribution in [1.82, 2.24) is 19.2 Å². The van der Waals surface area contributed by atoms with Crippen molar-refractivity contribution in [2.75, 3.05) is 12.3 Å². The van der Waals surface area contributed by atoms with E-state index in [-0.39, 0.29) is 23.2 Å². The van der Waals surface area contributed by atoms with Crippen LogP contribution in [-0.4, -0.2) is 34.2 Å². The molecule has 0 radical (unpaired) electrons. The maximum Gasteiger partial charge on any atom is 0.187 e. The van der Waals surface area contributed by atoms with Gasteiger partial charge < -0.3 is 5.73 Å². The molecule has 3 heterocycles. The molecule has 1 fully saturated rings. The van der Waals surface area contributed by atoms with Crippen molar-refractivity contribution in [1.29, 1.82) is 0 Å². The Bertz CT molecular complexity index is 1170. The third kappa shape index (κ3) is 4.89. The topological polar surface area (TPSA) is 102 Å². The Morgan fingerprint density at radius 1 is 1.16 bits per heavy atom. The van der Waals surface area contributed by atoms with Crippen molar-refractivity contribution < 1.29 is 17.2 Å². The fourth-order valence-corrected chi connectivity index (χ4v) is 6.06. The number of nitrogen functional groups attached to an aromatic ring is 1. The summed E-state index contributed by atoms with van der Waals surface area (Å²) < 4.78 is 58.5. The molecule has 0 bridgehead atoms. The number of hydrogen-bond acceptors (Lipinski definition) is 8. The first-order valence-corrected chi connectivity index (χ1v) is 12.2. The van der Waals surface area contributed by atoms with Gasteiger partial charge >= 0.3 is 0 Å². The van der Waals surface area contributed by atoms with Crippen LogP contribution >= 0.6 is 11.5 Å². The van der Waals surface area contributed by atoms with Gasteiger partial charge in [0.1, 0.15) is 39.4 Å². The first-order chi connectivity index (χ1) is 14.8. The number of piperidine rings is 1. The summed E-state index contributed by atoms with van der Waals surface area (Å²) in [4.78, 5) is 9.22. The summed E-state index contributed by atoms with van der Waals surface area (Å²) in [5, 5.41) is 0.219. The van der Waals surface area contributed by atoms with Crippen molar-refractivity contribution in [3.05, 3.63) is 64.6 Å². The van der Waals surface area contributed by atoms with E-state index in [2.05, 4.69) is 19.2 Å². The molecule has 31 heavy (non-hydrogen) atoms. The molecule has 3 aromatic rings. The maximum absolute atomic E-state index is 14.9. The molecule has 0 saturated carbocycles. The maximum atomic E-state index is 14.9. The number of rotatable bonds is 6. The number of pyridine rings is 1. The molecule has 164 valence electrons. The van der Waals surface area contributed by atoms with Crippen LogP contribution < -0.4 is 5.73 Å². The summed E-state index contributed by atoms with van der Waals surface area (Å²) in [7, 11) is -4.09. The van der Waals surface area contributed by atoms with Gasteiger partial charge in [-0.2, -0.15) is 4.37 Å². The Morgan fingerprint density at radius 2 is 2.00 bits per heavy atom. The van der Waals surface area contributed by atoms with Crippen LogP contribution in [0.4, 0.5) is 14.6 Å². The number of likely N-dealkylation sites (tertiary alicyclic amines) is 1. The van der Waals surface area contributed by atoms with Crippen LogP contribution in [0.25, 0.3) is 0 Å². The van der Waals surface area contributed by atoms with E-state index in [1.54, 1.807) is 12.3 Å². The van der Waals surface area contributed by atoms with Crippen LogP contribution in [0.2, 0.25) is 0 Å². The molecule has 0 amide bonds. The number of anilines is 1. The van der Waals surface area contributed by atoms with Crippen molar-refractivity contribution in [2.24, 2.45) is 0 Å². The second-order valence-electron chi connectivity index (χ2n) is 7.46. The number of benzene rings is 1. The number of sulfone groups is 1. The molecule has 4 rings (SSSR count). The fraction of sp³-hybridized carbons (Fsp3) is 0.350. The zero-order chi connectivity index (χ0) is 22.0. The Balaban J connectivity index is 1.59. The second kappa shape index (κ2) is 8.93. The molecule has 1 saturated heterocycles.